The minimum absolute atomic E-state index is 0.0131. The molecule has 0 bridgehead atoms. The zero-order valence-corrected chi connectivity index (χ0v) is 18.6. The van der Waals surface area contributed by atoms with Gasteiger partial charge in [0.2, 0.25) is 0 Å². The molecule has 30 heavy (non-hydrogen) atoms. The molecule has 1 aliphatic rings. The summed E-state index contributed by atoms with van der Waals surface area (Å²) in [5.41, 5.74) is 4.78. The highest BCUT2D eigenvalue weighted by atomic mass is 32.1. The van der Waals surface area contributed by atoms with E-state index >= 15 is 0 Å². The molecule has 3 aromatic rings. The van der Waals surface area contributed by atoms with Gasteiger partial charge in [-0.3, -0.25) is 0 Å². The number of nitrogens with one attached hydrogen (secondary N) is 1. The van der Waals surface area contributed by atoms with E-state index in [0.717, 1.165) is 35.9 Å². The Balaban J connectivity index is 1.28. The molecule has 1 N–H and O–H groups in total. The number of hydrogen-bond donors (Lipinski definition) is 1. The number of urea groups is 1. The van der Waals surface area contributed by atoms with Gasteiger partial charge in [-0.1, -0.05) is 35.6 Å². The average Bonchev–Trinajstić information content (AvgIpc) is 3.24. The zero-order chi connectivity index (χ0) is 21.1. The number of hydrogen-bond acceptors (Lipinski definition) is 5. The number of piperazine rings is 1. The number of amides is 2. The molecule has 1 aromatic heterocycles. The lowest BCUT2D eigenvalue weighted by Crippen LogP contribution is -2.52. The molecule has 2 heterocycles. The number of rotatable bonds is 5. The molecule has 1 fully saturated rings. The number of fused-ring (bicyclic) bond motifs is 1. The van der Waals surface area contributed by atoms with E-state index in [-0.39, 0.29) is 6.03 Å². The summed E-state index contributed by atoms with van der Waals surface area (Å²) in [4.78, 5) is 21.6. The molecule has 0 saturated carbocycles. The van der Waals surface area contributed by atoms with Gasteiger partial charge in [0.05, 0.1) is 17.3 Å². The summed E-state index contributed by atoms with van der Waals surface area (Å²) in [6, 6.07) is 12.3. The van der Waals surface area contributed by atoms with Crippen LogP contribution in [-0.4, -0.2) is 55.7 Å². The molecule has 1 saturated heterocycles. The molecule has 2 amide bonds. The smallest absolute Gasteiger partial charge is 0.317 e. The van der Waals surface area contributed by atoms with E-state index in [1.54, 1.807) is 18.4 Å². The van der Waals surface area contributed by atoms with Crippen LogP contribution >= 0.6 is 11.3 Å². The molecule has 7 heteroatoms. The number of methoxy groups -OCH3 is 1. The number of anilines is 1. The summed E-state index contributed by atoms with van der Waals surface area (Å²) in [6.07, 6.45) is 0.806. The van der Waals surface area contributed by atoms with Gasteiger partial charge in [-0.15, -0.1) is 0 Å². The standard InChI is InChI=1S/C23H28N4O2S/c1-16-4-5-17(2)21-20(16)25-23(30-21)27-14-12-26(13-15-27)22(28)24-11-10-18-6-8-19(29-3)9-7-18/h4-9H,10-15H2,1-3H3,(H,24,28). The van der Waals surface area contributed by atoms with Crippen LogP contribution in [0.5, 0.6) is 5.75 Å². The second-order valence-electron chi connectivity index (χ2n) is 7.68. The van der Waals surface area contributed by atoms with Crippen LogP contribution in [0.1, 0.15) is 16.7 Å². The average molecular weight is 425 g/mol. The van der Waals surface area contributed by atoms with Crippen molar-refractivity contribution in [2.45, 2.75) is 20.3 Å². The monoisotopic (exact) mass is 424 g/mol. The highest BCUT2D eigenvalue weighted by Gasteiger charge is 2.23. The fraction of sp³-hybridized carbons (Fsp3) is 0.391. The quantitative estimate of drug-likeness (QED) is 0.673. The molecule has 0 radical (unpaired) electrons. The lowest BCUT2D eigenvalue weighted by atomic mass is 10.1. The number of aromatic nitrogens is 1. The summed E-state index contributed by atoms with van der Waals surface area (Å²) in [5, 5.41) is 4.10. The van der Waals surface area contributed by atoms with Gasteiger partial charge in [0.1, 0.15) is 5.75 Å². The Bertz CT molecular complexity index is 985. The van der Waals surface area contributed by atoms with E-state index in [1.165, 1.54) is 21.4 Å². The lowest BCUT2D eigenvalue weighted by molar-refractivity contribution is 0.194. The molecule has 0 aliphatic carbocycles. The van der Waals surface area contributed by atoms with Crippen LogP contribution in [-0.2, 0) is 6.42 Å². The van der Waals surface area contributed by atoms with Crippen molar-refractivity contribution in [3.8, 4) is 5.75 Å². The second kappa shape index (κ2) is 8.92. The Kier molecular flexibility index (Phi) is 6.08. The molecule has 4 rings (SSSR count). The van der Waals surface area contributed by atoms with Gasteiger partial charge in [-0.25, -0.2) is 9.78 Å². The van der Waals surface area contributed by atoms with E-state index in [9.17, 15) is 4.79 Å². The summed E-state index contributed by atoms with van der Waals surface area (Å²) in [6.45, 7) is 7.91. The molecule has 2 aromatic carbocycles. The van der Waals surface area contributed by atoms with Crippen LogP contribution in [0.3, 0.4) is 0 Å². The van der Waals surface area contributed by atoms with Gasteiger partial charge >= 0.3 is 6.03 Å². The maximum atomic E-state index is 12.5. The summed E-state index contributed by atoms with van der Waals surface area (Å²) >= 11 is 1.76. The topological polar surface area (TPSA) is 57.7 Å². The summed E-state index contributed by atoms with van der Waals surface area (Å²) < 4.78 is 6.44. The van der Waals surface area contributed by atoms with Crippen LogP contribution in [0.4, 0.5) is 9.93 Å². The van der Waals surface area contributed by atoms with Gasteiger partial charge in [0.25, 0.3) is 0 Å². The lowest BCUT2D eigenvalue weighted by Gasteiger charge is -2.34. The number of nitrogens with zero attached hydrogens (tertiary/aromatic N) is 3. The number of aryl methyl sites for hydroxylation is 2. The van der Waals surface area contributed by atoms with Crippen LogP contribution in [0.15, 0.2) is 36.4 Å². The number of ether oxygens (including phenoxy) is 1. The van der Waals surface area contributed by atoms with Crippen molar-refractivity contribution >= 4 is 32.7 Å². The predicted molar refractivity (Wildman–Crippen MR) is 123 cm³/mol. The first-order valence-electron chi connectivity index (χ1n) is 10.3. The Morgan fingerprint density at radius 1 is 1.07 bits per heavy atom. The number of carbonyl (C=O) groups is 1. The second-order valence-corrected chi connectivity index (χ2v) is 8.66. The first kappa shape index (κ1) is 20.5. The fourth-order valence-electron chi connectivity index (χ4n) is 3.70. The van der Waals surface area contributed by atoms with Crippen LogP contribution in [0.2, 0.25) is 0 Å². The third kappa shape index (κ3) is 4.36. The van der Waals surface area contributed by atoms with Crippen LogP contribution in [0, 0.1) is 13.8 Å². The molecule has 0 spiro atoms. The van der Waals surface area contributed by atoms with Crippen molar-refractivity contribution in [3.05, 3.63) is 53.1 Å². The van der Waals surface area contributed by atoms with E-state index in [0.29, 0.717) is 19.6 Å². The summed E-state index contributed by atoms with van der Waals surface area (Å²) in [7, 11) is 1.66. The van der Waals surface area contributed by atoms with Crippen molar-refractivity contribution in [1.82, 2.24) is 15.2 Å². The minimum atomic E-state index is 0.0131. The highest BCUT2D eigenvalue weighted by Crippen LogP contribution is 2.33. The van der Waals surface area contributed by atoms with E-state index in [2.05, 4.69) is 36.2 Å². The molecule has 0 unspecified atom stereocenters. The molecule has 1 aliphatic heterocycles. The van der Waals surface area contributed by atoms with Gasteiger partial charge in [0, 0.05) is 32.7 Å². The Hall–Kier alpha value is -2.80. The normalized spacial score (nSPS) is 14.2. The number of thiazole rings is 1. The number of benzene rings is 2. The Morgan fingerprint density at radius 3 is 2.43 bits per heavy atom. The maximum absolute atomic E-state index is 12.5. The third-order valence-corrected chi connectivity index (χ3v) is 6.87. The van der Waals surface area contributed by atoms with E-state index in [1.807, 2.05) is 29.2 Å². The molecule has 6 nitrogen and oxygen atoms in total. The maximum Gasteiger partial charge on any atom is 0.317 e. The molecule has 0 atom stereocenters. The third-order valence-electron chi connectivity index (χ3n) is 5.62. The van der Waals surface area contributed by atoms with Crippen molar-refractivity contribution in [2.24, 2.45) is 0 Å². The number of carbonyl (C=O) groups excluding carboxylic acids is 1. The fourth-order valence-corrected chi connectivity index (χ4v) is 4.87. The SMILES string of the molecule is COc1ccc(CCNC(=O)N2CCN(c3nc4c(C)ccc(C)c4s3)CC2)cc1. The van der Waals surface area contributed by atoms with Crippen molar-refractivity contribution in [3.63, 3.8) is 0 Å². The first-order valence-corrected chi connectivity index (χ1v) is 11.1. The van der Waals surface area contributed by atoms with E-state index < -0.39 is 0 Å². The first-order chi connectivity index (χ1) is 14.5. The van der Waals surface area contributed by atoms with Crippen molar-refractivity contribution in [1.29, 1.82) is 0 Å². The van der Waals surface area contributed by atoms with Crippen LogP contribution in [0.25, 0.3) is 10.2 Å². The largest absolute Gasteiger partial charge is 0.497 e. The summed E-state index contributed by atoms with van der Waals surface area (Å²) in [5.74, 6) is 0.846. The van der Waals surface area contributed by atoms with Gasteiger partial charge in [0.15, 0.2) is 5.13 Å². The Labute approximate surface area is 181 Å². The van der Waals surface area contributed by atoms with Gasteiger partial charge < -0.3 is 19.9 Å². The van der Waals surface area contributed by atoms with Crippen LogP contribution < -0.4 is 15.0 Å². The highest BCUT2D eigenvalue weighted by molar-refractivity contribution is 7.22. The van der Waals surface area contributed by atoms with Gasteiger partial charge in [-0.05, 0) is 49.1 Å². The molecule has 158 valence electrons. The Morgan fingerprint density at radius 2 is 1.77 bits per heavy atom. The minimum Gasteiger partial charge on any atom is -0.497 e. The molecular weight excluding hydrogens is 396 g/mol. The van der Waals surface area contributed by atoms with E-state index in [4.69, 9.17) is 9.72 Å². The molecular formula is C23H28N4O2S. The predicted octanol–water partition coefficient (Wildman–Crippen LogP) is 4.00. The van der Waals surface area contributed by atoms with Crippen molar-refractivity contribution in [2.75, 3.05) is 44.7 Å². The van der Waals surface area contributed by atoms with Gasteiger partial charge in [-0.2, -0.15) is 0 Å². The zero-order valence-electron chi connectivity index (χ0n) is 17.8. The van der Waals surface area contributed by atoms with Crippen molar-refractivity contribution < 1.29 is 9.53 Å².